The molecule has 3 nitrogen and oxygen atoms in total. The second-order valence-electron chi connectivity index (χ2n) is 5.35. The standard InChI is InChI=1S/C16H24BrNO2/c1-4-12-9-13(8-11-6-5-7-18-10-11)16(20-3)14(17)15(12)19-2/h9,11,18H,4-8,10H2,1-3H3. The Balaban J connectivity index is 2.32. The molecular formula is C16H24BrNO2. The van der Waals surface area contributed by atoms with Gasteiger partial charge in [0.1, 0.15) is 16.0 Å². The first kappa shape index (κ1) is 15.6. The minimum Gasteiger partial charge on any atom is -0.495 e. The number of aryl methyl sites for hydroxylation is 1. The molecule has 0 radical (unpaired) electrons. The second kappa shape index (κ2) is 7.32. The van der Waals surface area contributed by atoms with Gasteiger partial charge in [-0.2, -0.15) is 0 Å². The van der Waals surface area contributed by atoms with Gasteiger partial charge in [-0.3, -0.25) is 0 Å². The van der Waals surface area contributed by atoms with Crippen molar-refractivity contribution in [1.29, 1.82) is 0 Å². The topological polar surface area (TPSA) is 30.5 Å². The predicted octanol–water partition coefficient (Wildman–Crippen LogP) is 3.57. The molecule has 0 amide bonds. The summed E-state index contributed by atoms with van der Waals surface area (Å²) in [5, 5.41) is 3.48. The Kier molecular flexibility index (Phi) is 5.73. The number of halogens is 1. The smallest absolute Gasteiger partial charge is 0.140 e. The van der Waals surface area contributed by atoms with Gasteiger partial charge in [0, 0.05) is 0 Å². The van der Waals surface area contributed by atoms with Crippen LogP contribution in [0.1, 0.15) is 30.9 Å². The van der Waals surface area contributed by atoms with E-state index in [1.165, 1.54) is 24.0 Å². The molecule has 1 aromatic rings. The monoisotopic (exact) mass is 341 g/mol. The zero-order chi connectivity index (χ0) is 14.5. The van der Waals surface area contributed by atoms with E-state index in [9.17, 15) is 0 Å². The van der Waals surface area contributed by atoms with Crippen molar-refractivity contribution in [2.75, 3.05) is 27.3 Å². The van der Waals surface area contributed by atoms with E-state index in [4.69, 9.17) is 9.47 Å². The maximum atomic E-state index is 5.61. The zero-order valence-electron chi connectivity index (χ0n) is 12.6. The highest BCUT2D eigenvalue weighted by molar-refractivity contribution is 9.10. The zero-order valence-corrected chi connectivity index (χ0v) is 14.2. The Morgan fingerprint density at radius 2 is 1.95 bits per heavy atom. The van der Waals surface area contributed by atoms with Crippen LogP contribution in [0, 0.1) is 5.92 Å². The van der Waals surface area contributed by atoms with E-state index < -0.39 is 0 Å². The first-order chi connectivity index (χ1) is 9.71. The lowest BCUT2D eigenvalue weighted by molar-refractivity contribution is 0.358. The number of piperidine rings is 1. The van der Waals surface area contributed by atoms with E-state index in [2.05, 4.69) is 34.2 Å². The van der Waals surface area contributed by atoms with Crippen LogP contribution >= 0.6 is 15.9 Å². The predicted molar refractivity (Wildman–Crippen MR) is 85.9 cm³/mol. The van der Waals surface area contributed by atoms with Crippen LogP contribution in [0.25, 0.3) is 0 Å². The van der Waals surface area contributed by atoms with Crippen LogP contribution in [0.15, 0.2) is 10.5 Å². The van der Waals surface area contributed by atoms with Crippen molar-refractivity contribution in [3.8, 4) is 11.5 Å². The van der Waals surface area contributed by atoms with Gasteiger partial charge in [0.2, 0.25) is 0 Å². The molecule has 1 aromatic carbocycles. The fourth-order valence-electron chi connectivity index (χ4n) is 2.99. The van der Waals surface area contributed by atoms with Crippen LogP contribution < -0.4 is 14.8 Å². The van der Waals surface area contributed by atoms with Gasteiger partial charge in [-0.05, 0) is 77.8 Å². The number of benzene rings is 1. The van der Waals surface area contributed by atoms with Gasteiger partial charge in [0.25, 0.3) is 0 Å². The van der Waals surface area contributed by atoms with Crippen molar-refractivity contribution in [3.05, 3.63) is 21.7 Å². The number of hydrogen-bond acceptors (Lipinski definition) is 3. The molecule has 1 unspecified atom stereocenters. The molecule has 1 saturated heterocycles. The SMILES string of the molecule is CCc1cc(CC2CCCNC2)c(OC)c(Br)c1OC. The second-order valence-corrected chi connectivity index (χ2v) is 6.14. The molecule has 0 bridgehead atoms. The van der Waals surface area contributed by atoms with Crippen molar-refractivity contribution >= 4 is 15.9 Å². The fraction of sp³-hybridized carbons (Fsp3) is 0.625. The Labute approximate surface area is 130 Å². The van der Waals surface area contributed by atoms with Crippen molar-refractivity contribution in [3.63, 3.8) is 0 Å². The Morgan fingerprint density at radius 1 is 1.25 bits per heavy atom. The first-order valence-corrected chi connectivity index (χ1v) is 8.13. The van der Waals surface area contributed by atoms with Crippen molar-refractivity contribution in [1.82, 2.24) is 5.32 Å². The van der Waals surface area contributed by atoms with Gasteiger partial charge in [0.05, 0.1) is 14.2 Å². The molecule has 0 spiro atoms. The van der Waals surface area contributed by atoms with E-state index in [0.717, 1.165) is 41.9 Å². The highest BCUT2D eigenvalue weighted by atomic mass is 79.9. The van der Waals surface area contributed by atoms with E-state index in [1.54, 1.807) is 14.2 Å². The highest BCUT2D eigenvalue weighted by Gasteiger charge is 2.21. The summed E-state index contributed by atoms with van der Waals surface area (Å²) in [4.78, 5) is 0. The molecule has 20 heavy (non-hydrogen) atoms. The molecule has 1 N–H and O–H groups in total. The normalized spacial score (nSPS) is 18.9. The summed E-state index contributed by atoms with van der Waals surface area (Å²) >= 11 is 3.64. The van der Waals surface area contributed by atoms with Crippen LogP contribution in [-0.4, -0.2) is 27.3 Å². The number of nitrogens with one attached hydrogen (secondary N) is 1. The van der Waals surface area contributed by atoms with Gasteiger partial charge in [-0.1, -0.05) is 6.92 Å². The van der Waals surface area contributed by atoms with Gasteiger partial charge in [-0.15, -0.1) is 0 Å². The van der Waals surface area contributed by atoms with Gasteiger partial charge >= 0.3 is 0 Å². The van der Waals surface area contributed by atoms with Crippen LogP contribution in [0.3, 0.4) is 0 Å². The summed E-state index contributed by atoms with van der Waals surface area (Å²) in [6.45, 7) is 4.41. The summed E-state index contributed by atoms with van der Waals surface area (Å²) < 4.78 is 12.1. The number of methoxy groups -OCH3 is 2. The lowest BCUT2D eigenvalue weighted by Crippen LogP contribution is -2.31. The van der Waals surface area contributed by atoms with Crippen LogP contribution in [0.5, 0.6) is 11.5 Å². The van der Waals surface area contributed by atoms with E-state index in [0.29, 0.717) is 5.92 Å². The van der Waals surface area contributed by atoms with E-state index in [1.807, 2.05) is 0 Å². The molecule has 0 aliphatic carbocycles. The van der Waals surface area contributed by atoms with E-state index in [-0.39, 0.29) is 0 Å². The lowest BCUT2D eigenvalue weighted by Gasteiger charge is -2.24. The number of ether oxygens (including phenoxy) is 2. The molecule has 112 valence electrons. The van der Waals surface area contributed by atoms with E-state index >= 15 is 0 Å². The number of rotatable bonds is 5. The molecule has 1 atom stereocenters. The minimum atomic E-state index is 0.697. The summed E-state index contributed by atoms with van der Waals surface area (Å²) in [6.07, 6.45) is 4.58. The molecule has 0 aromatic heterocycles. The summed E-state index contributed by atoms with van der Waals surface area (Å²) in [7, 11) is 3.44. The molecule has 1 fully saturated rings. The van der Waals surface area contributed by atoms with Crippen LogP contribution in [0.2, 0.25) is 0 Å². The summed E-state index contributed by atoms with van der Waals surface area (Å²) in [5.74, 6) is 2.52. The molecule has 0 saturated carbocycles. The third kappa shape index (κ3) is 3.29. The molecule has 1 heterocycles. The Morgan fingerprint density at radius 3 is 2.50 bits per heavy atom. The van der Waals surface area contributed by atoms with Gasteiger partial charge in [0.15, 0.2) is 0 Å². The summed E-state index contributed by atoms with van der Waals surface area (Å²) in [5.41, 5.74) is 2.52. The molecule has 1 aliphatic heterocycles. The molecule has 2 rings (SSSR count). The third-order valence-electron chi connectivity index (χ3n) is 4.03. The molecular weight excluding hydrogens is 318 g/mol. The van der Waals surface area contributed by atoms with Crippen LogP contribution in [0.4, 0.5) is 0 Å². The summed E-state index contributed by atoms with van der Waals surface area (Å²) in [6, 6.07) is 2.25. The average molecular weight is 342 g/mol. The first-order valence-electron chi connectivity index (χ1n) is 7.34. The van der Waals surface area contributed by atoms with Crippen molar-refractivity contribution in [2.24, 2.45) is 5.92 Å². The maximum Gasteiger partial charge on any atom is 0.140 e. The van der Waals surface area contributed by atoms with Gasteiger partial charge in [-0.25, -0.2) is 0 Å². The average Bonchev–Trinajstić information content (AvgIpc) is 2.48. The van der Waals surface area contributed by atoms with Gasteiger partial charge < -0.3 is 14.8 Å². The molecule has 1 aliphatic rings. The maximum absolute atomic E-state index is 5.61. The Hall–Kier alpha value is -0.740. The van der Waals surface area contributed by atoms with Crippen molar-refractivity contribution < 1.29 is 9.47 Å². The highest BCUT2D eigenvalue weighted by Crippen LogP contribution is 2.41. The quantitative estimate of drug-likeness (QED) is 0.887. The van der Waals surface area contributed by atoms with Crippen molar-refractivity contribution in [2.45, 2.75) is 32.6 Å². The lowest BCUT2D eigenvalue weighted by atomic mass is 9.91. The third-order valence-corrected chi connectivity index (χ3v) is 4.75. The minimum absolute atomic E-state index is 0.697. The molecule has 4 heteroatoms. The fourth-order valence-corrected chi connectivity index (χ4v) is 3.82. The van der Waals surface area contributed by atoms with Crippen LogP contribution in [-0.2, 0) is 12.8 Å². The Bertz CT molecular complexity index is 456. The number of hydrogen-bond donors (Lipinski definition) is 1. The largest absolute Gasteiger partial charge is 0.495 e.